The van der Waals surface area contributed by atoms with Gasteiger partial charge in [-0.15, -0.1) is 0 Å². The lowest BCUT2D eigenvalue weighted by Crippen LogP contribution is -2.11. The summed E-state index contributed by atoms with van der Waals surface area (Å²) in [5.74, 6) is 0. The van der Waals surface area contributed by atoms with Crippen LogP contribution in [0.15, 0.2) is 200 Å². The van der Waals surface area contributed by atoms with Gasteiger partial charge in [0, 0.05) is 16.9 Å². The van der Waals surface area contributed by atoms with E-state index in [4.69, 9.17) is 2.74 Å². The topological polar surface area (TPSA) is 3.24 Å². The minimum Gasteiger partial charge on any atom is -0.310 e. The van der Waals surface area contributed by atoms with Gasteiger partial charge >= 0.3 is 0 Å². The molecular weight excluding hydrogens is 567 g/mol. The number of benzene rings is 8. The summed E-state index contributed by atoms with van der Waals surface area (Å²) < 4.78 is 75.0. The van der Waals surface area contributed by atoms with Crippen molar-refractivity contribution in [2.45, 2.75) is 0 Å². The Morgan fingerprint density at radius 2 is 0.936 bits per heavy atom. The van der Waals surface area contributed by atoms with Crippen LogP contribution in [0.1, 0.15) is 11.0 Å². The fourth-order valence-corrected chi connectivity index (χ4v) is 5.93. The number of hydrogen-bond donors (Lipinski definition) is 0. The van der Waals surface area contributed by atoms with Crippen molar-refractivity contribution < 1.29 is 11.0 Å². The van der Waals surface area contributed by atoms with E-state index in [0.29, 0.717) is 22.4 Å². The Balaban J connectivity index is 1.42. The molecule has 0 heterocycles. The highest BCUT2D eigenvalue weighted by Crippen LogP contribution is 2.42. The van der Waals surface area contributed by atoms with Gasteiger partial charge in [-0.3, -0.25) is 0 Å². The molecule has 1 nitrogen and oxygen atoms in total. The van der Waals surface area contributed by atoms with E-state index in [1.165, 1.54) is 4.90 Å². The second-order valence-corrected chi connectivity index (χ2v) is 11.1. The number of nitrogens with zero attached hydrogens (tertiary/aromatic N) is 1. The van der Waals surface area contributed by atoms with E-state index in [1.54, 1.807) is 30.3 Å². The SMILES string of the molecule is [2H]c1c([2H])c(-c2cccc3ccccc23)c([2H])c(N(c2ccccc2-c2ccccc2)c2c([2H])c([2H])c(-c3ccc(-c4ccccc4)cc3)c([2H])c2[2H])c1[2H]. The molecule has 222 valence electrons. The molecule has 0 amide bonds. The van der Waals surface area contributed by atoms with Crippen molar-refractivity contribution in [3.05, 3.63) is 200 Å². The van der Waals surface area contributed by atoms with Crippen molar-refractivity contribution in [2.24, 2.45) is 0 Å². The molecule has 1 heteroatoms. The van der Waals surface area contributed by atoms with E-state index in [0.717, 1.165) is 27.5 Å². The number of para-hydroxylation sites is 1. The summed E-state index contributed by atoms with van der Waals surface area (Å²) in [5, 5.41) is 1.64. The first kappa shape index (κ1) is 20.8. The van der Waals surface area contributed by atoms with E-state index >= 15 is 0 Å². The predicted octanol–water partition coefficient (Wildman–Crippen LogP) is 13.0. The van der Waals surface area contributed by atoms with Gasteiger partial charge in [0.15, 0.2) is 0 Å². The van der Waals surface area contributed by atoms with Crippen LogP contribution in [0.4, 0.5) is 17.1 Å². The molecule has 8 rings (SSSR count). The summed E-state index contributed by atoms with van der Waals surface area (Å²) in [5.41, 5.74) is 4.74. The van der Waals surface area contributed by atoms with Gasteiger partial charge in [0.05, 0.1) is 16.7 Å². The molecule has 0 saturated carbocycles. The van der Waals surface area contributed by atoms with Crippen LogP contribution < -0.4 is 4.90 Å². The summed E-state index contributed by atoms with van der Waals surface area (Å²) in [4.78, 5) is 1.42. The van der Waals surface area contributed by atoms with Gasteiger partial charge in [0.2, 0.25) is 0 Å². The minimum absolute atomic E-state index is 0.117. The highest BCUT2D eigenvalue weighted by molar-refractivity contribution is 5.98. The maximum absolute atomic E-state index is 9.78. The number of anilines is 3. The Labute approximate surface area is 287 Å². The molecule has 0 bridgehead atoms. The van der Waals surface area contributed by atoms with Crippen LogP contribution in [0, 0.1) is 0 Å². The van der Waals surface area contributed by atoms with Crippen molar-refractivity contribution >= 4 is 27.8 Å². The standard InChI is InChI=1S/C46H33N/c1-3-13-34(14-4-1)35-25-27-36(28-26-35)37-29-31-41(32-30-37)47(46-24-10-9-22-45(46)39-15-5-2-6-16-39)42-20-11-19-40(33-42)44-23-12-18-38-17-7-8-21-43(38)44/h1-33H/i11D,19D,20D,29D,30D,31D,32D,33D. The van der Waals surface area contributed by atoms with Gasteiger partial charge in [-0.05, 0) is 80.0 Å². The first-order valence-corrected chi connectivity index (χ1v) is 15.5. The second-order valence-electron chi connectivity index (χ2n) is 11.1. The third kappa shape index (κ3) is 5.72. The zero-order valence-electron chi connectivity index (χ0n) is 33.4. The Hall–Kier alpha value is -6.18. The molecule has 0 aliphatic rings. The third-order valence-corrected chi connectivity index (χ3v) is 8.24. The molecule has 0 atom stereocenters. The van der Waals surface area contributed by atoms with Gasteiger partial charge in [-0.1, -0.05) is 170 Å². The van der Waals surface area contributed by atoms with E-state index in [2.05, 4.69) is 0 Å². The largest absolute Gasteiger partial charge is 0.310 e. The lowest BCUT2D eigenvalue weighted by molar-refractivity contribution is 1.28. The fraction of sp³-hybridized carbons (Fsp3) is 0. The molecule has 0 radical (unpaired) electrons. The first-order chi connectivity index (χ1) is 26.7. The van der Waals surface area contributed by atoms with Crippen molar-refractivity contribution in [2.75, 3.05) is 4.90 Å². The van der Waals surface area contributed by atoms with E-state index < -0.39 is 12.1 Å². The molecule has 47 heavy (non-hydrogen) atoms. The van der Waals surface area contributed by atoms with Gasteiger partial charge in [-0.25, -0.2) is 0 Å². The highest BCUT2D eigenvalue weighted by Gasteiger charge is 2.18. The van der Waals surface area contributed by atoms with E-state index in [1.807, 2.05) is 121 Å². The van der Waals surface area contributed by atoms with Gasteiger partial charge in [0.25, 0.3) is 0 Å². The molecule has 8 aromatic carbocycles. The number of hydrogen-bond acceptors (Lipinski definition) is 1. The molecule has 0 N–H and O–H groups in total. The minimum atomic E-state index is -0.445. The Morgan fingerprint density at radius 1 is 0.362 bits per heavy atom. The van der Waals surface area contributed by atoms with Crippen LogP contribution in [0.25, 0.3) is 55.3 Å². The zero-order chi connectivity index (χ0) is 38.4. The van der Waals surface area contributed by atoms with Crippen molar-refractivity contribution in [1.29, 1.82) is 0 Å². The van der Waals surface area contributed by atoms with Crippen molar-refractivity contribution in [3.8, 4) is 44.5 Å². The van der Waals surface area contributed by atoms with Crippen LogP contribution in [0.2, 0.25) is 0 Å². The van der Waals surface area contributed by atoms with E-state index in [9.17, 15) is 8.22 Å². The molecule has 8 aromatic rings. The van der Waals surface area contributed by atoms with Gasteiger partial charge in [-0.2, -0.15) is 0 Å². The quantitative estimate of drug-likeness (QED) is 0.174. The molecule has 0 aromatic heterocycles. The summed E-state index contributed by atoms with van der Waals surface area (Å²) in [6.07, 6.45) is 0. The van der Waals surface area contributed by atoms with Crippen molar-refractivity contribution in [3.63, 3.8) is 0 Å². The smallest absolute Gasteiger partial charge is 0.0651 e. The predicted molar refractivity (Wildman–Crippen MR) is 200 cm³/mol. The third-order valence-electron chi connectivity index (χ3n) is 8.24. The maximum Gasteiger partial charge on any atom is 0.0651 e. The average molecular weight is 608 g/mol. The van der Waals surface area contributed by atoms with Gasteiger partial charge < -0.3 is 4.90 Å². The molecule has 0 aliphatic carbocycles. The highest BCUT2D eigenvalue weighted by atomic mass is 15.1. The molecule has 0 saturated heterocycles. The molecule has 0 fully saturated rings. The average Bonchev–Trinajstić information content (AvgIpc) is 3.23. The monoisotopic (exact) mass is 607 g/mol. The summed E-state index contributed by atoms with van der Waals surface area (Å²) in [7, 11) is 0. The lowest BCUT2D eigenvalue weighted by Gasteiger charge is -2.28. The Kier molecular flexibility index (Phi) is 5.60. The van der Waals surface area contributed by atoms with Crippen LogP contribution >= 0.6 is 0 Å². The molecule has 0 spiro atoms. The lowest BCUT2D eigenvalue weighted by atomic mass is 9.97. The van der Waals surface area contributed by atoms with Gasteiger partial charge in [0.1, 0.15) is 0 Å². The van der Waals surface area contributed by atoms with Crippen LogP contribution in [0.3, 0.4) is 0 Å². The number of fused-ring (bicyclic) bond motifs is 1. The van der Waals surface area contributed by atoms with E-state index in [-0.39, 0.29) is 58.8 Å². The number of rotatable bonds is 7. The fourth-order valence-electron chi connectivity index (χ4n) is 5.93. The Morgan fingerprint density at radius 3 is 1.70 bits per heavy atom. The van der Waals surface area contributed by atoms with Crippen LogP contribution in [-0.2, 0) is 0 Å². The van der Waals surface area contributed by atoms with Crippen molar-refractivity contribution in [1.82, 2.24) is 0 Å². The second kappa shape index (κ2) is 12.7. The Bertz CT molecular complexity index is 2700. The summed E-state index contributed by atoms with van der Waals surface area (Å²) >= 11 is 0. The zero-order valence-corrected chi connectivity index (χ0v) is 25.4. The maximum atomic E-state index is 9.78. The molecular formula is C46H33N. The first-order valence-electron chi connectivity index (χ1n) is 19.5. The summed E-state index contributed by atoms with van der Waals surface area (Å²) in [6.45, 7) is 0. The summed E-state index contributed by atoms with van der Waals surface area (Å²) in [6, 6.07) is 44.2. The van der Waals surface area contributed by atoms with Crippen LogP contribution in [-0.4, -0.2) is 0 Å². The normalized spacial score (nSPS) is 13.4. The van der Waals surface area contributed by atoms with Crippen LogP contribution in [0.5, 0.6) is 0 Å². The molecule has 0 aliphatic heterocycles. The molecule has 0 unspecified atom stereocenters.